The van der Waals surface area contributed by atoms with Crippen molar-refractivity contribution in [1.29, 1.82) is 0 Å². The van der Waals surface area contributed by atoms with Crippen LogP contribution in [-0.4, -0.2) is 36.7 Å². The summed E-state index contributed by atoms with van der Waals surface area (Å²) < 4.78 is 5.43. The van der Waals surface area contributed by atoms with Crippen LogP contribution < -0.4 is 15.0 Å². The lowest BCUT2D eigenvalue weighted by atomic mass is 10.3. The average Bonchev–Trinajstić information content (AvgIpc) is 2.36. The van der Waals surface area contributed by atoms with Crippen molar-refractivity contribution >= 4 is 11.6 Å². The van der Waals surface area contributed by atoms with Crippen LogP contribution in [0.15, 0.2) is 6.33 Å². The SMILES string of the molecule is CCCN(CC)c1ncnc(NCC)c1OC. The number of ether oxygens (including phenoxy) is 1. The monoisotopic (exact) mass is 238 g/mol. The molecule has 5 nitrogen and oxygen atoms in total. The summed E-state index contributed by atoms with van der Waals surface area (Å²) in [6, 6.07) is 0. The quantitative estimate of drug-likeness (QED) is 0.788. The molecule has 0 saturated heterocycles. The Morgan fingerprint density at radius 1 is 1.29 bits per heavy atom. The maximum atomic E-state index is 5.43. The van der Waals surface area contributed by atoms with Gasteiger partial charge in [-0.25, -0.2) is 9.97 Å². The van der Waals surface area contributed by atoms with E-state index in [9.17, 15) is 0 Å². The second-order valence-corrected chi connectivity index (χ2v) is 3.69. The fourth-order valence-electron chi connectivity index (χ4n) is 1.75. The molecule has 0 unspecified atom stereocenters. The van der Waals surface area contributed by atoms with Crippen LogP contribution >= 0.6 is 0 Å². The first-order chi connectivity index (χ1) is 8.28. The molecule has 1 heterocycles. The maximum Gasteiger partial charge on any atom is 0.204 e. The van der Waals surface area contributed by atoms with Crippen LogP contribution in [0.1, 0.15) is 27.2 Å². The fourth-order valence-corrected chi connectivity index (χ4v) is 1.75. The number of methoxy groups -OCH3 is 1. The summed E-state index contributed by atoms with van der Waals surface area (Å²) in [5.41, 5.74) is 0. The maximum absolute atomic E-state index is 5.43. The number of aromatic nitrogens is 2. The third-order valence-electron chi connectivity index (χ3n) is 2.51. The van der Waals surface area contributed by atoms with Crippen molar-refractivity contribution in [1.82, 2.24) is 9.97 Å². The first-order valence-electron chi connectivity index (χ1n) is 6.16. The van der Waals surface area contributed by atoms with Gasteiger partial charge in [0.25, 0.3) is 0 Å². The molecule has 17 heavy (non-hydrogen) atoms. The Labute approximate surface area is 103 Å². The largest absolute Gasteiger partial charge is 0.490 e. The van der Waals surface area contributed by atoms with Gasteiger partial charge in [0.1, 0.15) is 6.33 Å². The number of nitrogens with zero attached hydrogens (tertiary/aromatic N) is 3. The van der Waals surface area contributed by atoms with E-state index in [1.54, 1.807) is 13.4 Å². The molecule has 1 N–H and O–H groups in total. The van der Waals surface area contributed by atoms with E-state index in [0.29, 0.717) is 0 Å². The Morgan fingerprint density at radius 2 is 2.06 bits per heavy atom. The van der Waals surface area contributed by atoms with Crippen LogP contribution in [0.4, 0.5) is 11.6 Å². The molecule has 0 aliphatic carbocycles. The predicted molar refractivity (Wildman–Crippen MR) is 70.9 cm³/mol. The Morgan fingerprint density at radius 3 is 2.59 bits per heavy atom. The molecule has 0 aliphatic rings. The first-order valence-corrected chi connectivity index (χ1v) is 6.16. The molecule has 96 valence electrons. The second kappa shape index (κ2) is 6.93. The summed E-state index contributed by atoms with van der Waals surface area (Å²) in [5, 5.41) is 3.19. The Balaban J connectivity index is 3.08. The molecule has 0 bridgehead atoms. The highest BCUT2D eigenvalue weighted by atomic mass is 16.5. The first kappa shape index (κ1) is 13.5. The van der Waals surface area contributed by atoms with Gasteiger partial charge in [-0.15, -0.1) is 0 Å². The van der Waals surface area contributed by atoms with E-state index in [-0.39, 0.29) is 0 Å². The fraction of sp³-hybridized carbons (Fsp3) is 0.667. The molecule has 0 atom stereocenters. The average molecular weight is 238 g/mol. The number of rotatable bonds is 7. The zero-order valence-electron chi connectivity index (χ0n) is 11.2. The van der Waals surface area contributed by atoms with Gasteiger partial charge in [-0.3, -0.25) is 0 Å². The third-order valence-corrected chi connectivity index (χ3v) is 2.51. The minimum atomic E-state index is 0.727. The van der Waals surface area contributed by atoms with Crippen LogP contribution in [0.3, 0.4) is 0 Å². The molecule has 5 heteroatoms. The molecule has 0 aliphatic heterocycles. The molecule has 1 aromatic heterocycles. The van der Waals surface area contributed by atoms with Crippen LogP contribution in [0.2, 0.25) is 0 Å². The van der Waals surface area contributed by atoms with Crippen LogP contribution in [-0.2, 0) is 0 Å². The molecule has 0 saturated carbocycles. The highest BCUT2D eigenvalue weighted by Crippen LogP contribution is 2.31. The minimum Gasteiger partial charge on any atom is -0.490 e. The summed E-state index contributed by atoms with van der Waals surface area (Å²) in [7, 11) is 1.66. The highest BCUT2D eigenvalue weighted by Gasteiger charge is 2.16. The zero-order chi connectivity index (χ0) is 12.7. The Bertz CT molecular complexity index is 343. The summed E-state index contributed by atoms with van der Waals surface area (Å²) >= 11 is 0. The van der Waals surface area contributed by atoms with E-state index in [2.05, 4.69) is 34.0 Å². The van der Waals surface area contributed by atoms with Crippen molar-refractivity contribution in [3.63, 3.8) is 0 Å². The number of hydrogen-bond donors (Lipinski definition) is 1. The van der Waals surface area contributed by atoms with Gasteiger partial charge in [-0.2, -0.15) is 0 Å². The highest BCUT2D eigenvalue weighted by molar-refractivity contribution is 5.64. The molecule has 0 radical (unpaired) electrons. The standard InChI is InChI=1S/C12H22N4O/c1-5-8-16(7-3)12-10(17-4)11(13-6-2)14-9-15-12/h9H,5-8H2,1-4H3,(H,13,14,15). The van der Waals surface area contributed by atoms with Gasteiger partial charge in [0.05, 0.1) is 7.11 Å². The van der Waals surface area contributed by atoms with Crippen molar-refractivity contribution in [2.75, 3.05) is 37.0 Å². The number of anilines is 2. The zero-order valence-corrected chi connectivity index (χ0v) is 11.2. The van der Waals surface area contributed by atoms with E-state index in [0.717, 1.165) is 43.4 Å². The molecule has 0 aromatic carbocycles. The summed E-state index contributed by atoms with van der Waals surface area (Å²) in [6.45, 7) is 8.99. The van der Waals surface area contributed by atoms with Crippen molar-refractivity contribution < 1.29 is 4.74 Å². The van der Waals surface area contributed by atoms with Gasteiger partial charge in [-0.1, -0.05) is 6.92 Å². The van der Waals surface area contributed by atoms with Crippen LogP contribution in [0.5, 0.6) is 5.75 Å². The van der Waals surface area contributed by atoms with E-state index in [1.165, 1.54) is 0 Å². The normalized spacial score (nSPS) is 10.1. The van der Waals surface area contributed by atoms with Gasteiger partial charge in [0, 0.05) is 19.6 Å². The lowest BCUT2D eigenvalue weighted by Crippen LogP contribution is -2.25. The minimum absolute atomic E-state index is 0.727. The molecular weight excluding hydrogens is 216 g/mol. The van der Waals surface area contributed by atoms with Crippen molar-refractivity contribution in [3.8, 4) is 5.75 Å². The number of nitrogens with one attached hydrogen (secondary N) is 1. The summed E-state index contributed by atoms with van der Waals surface area (Å²) in [6.07, 6.45) is 2.66. The van der Waals surface area contributed by atoms with Crippen molar-refractivity contribution in [3.05, 3.63) is 6.33 Å². The molecular formula is C12H22N4O. The van der Waals surface area contributed by atoms with E-state index in [1.807, 2.05) is 6.92 Å². The lowest BCUT2D eigenvalue weighted by Gasteiger charge is -2.23. The molecule has 0 spiro atoms. The summed E-state index contributed by atoms with van der Waals surface area (Å²) in [5.74, 6) is 2.35. The van der Waals surface area contributed by atoms with E-state index < -0.39 is 0 Å². The van der Waals surface area contributed by atoms with Crippen LogP contribution in [0.25, 0.3) is 0 Å². The second-order valence-electron chi connectivity index (χ2n) is 3.69. The molecule has 1 rings (SSSR count). The lowest BCUT2D eigenvalue weighted by molar-refractivity contribution is 0.412. The van der Waals surface area contributed by atoms with Gasteiger partial charge in [0.15, 0.2) is 11.6 Å². The van der Waals surface area contributed by atoms with E-state index in [4.69, 9.17) is 4.74 Å². The molecule has 0 amide bonds. The van der Waals surface area contributed by atoms with Crippen LogP contribution in [0, 0.1) is 0 Å². The topological polar surface area (TPSA) is 50.3 Å². The predicted octanol–water partition coefficient (Wildman–Crippen LogP) is 2.15. The molecule has 1 aromatic rings. The van der Waals surface area contributed by atoms with E-state index >= 15 is 0 Å². The smallest absolute Gasteiger partial charge is 0.204 e. The van der Waals surface area contributed by atoms with Gasteiger partial charge >= 0.3 is 0 Å². The number of hydrogen-bond acceptors (Lipinski definition) is 5. The van der Waals surface area contributed by atoms with Crippen molar-refractivity contribution in [2.45, 2.75) is 27.2 Å². The Kier molecular flexibility index (Phi) is 5.52. The summed E-state index contributed by atoms with van der Waals surface area (Å²) in [4.78, 5) is 10.7. The Hall–Kier alpha value is -1.52. The van der Waals surface area contributed by atoms with Gasteiger partial charge < -0.3 is 15.0 Å². The molecule has 0 fully saturated rings. The van der Waals surface area contributed by atoms with Crippen molar-refractivity contribution in [2.24, 2.45) is 0 Å². The van der Waals surface area contributed by atoms with Gasteiger partial charge in [0.2, 0.25) is 5.75 Å². The third kappa shape index (κ3) is 3.22. The van der Waals surface area contributed by atoms with Gasteiger partial charge in [-0.05, 0) is 20.3 Å².